The van der Waals surface area contributed by atoms with Gasteiger partial charge in [0.25, 0.3) is 0 Å². The topological polar surface area (TPSA) is 26.0 Å². The molecule has 0 aliphatic rings. The fraction of sp³-hybridized carbons (Fsp3) is 0.286. The first-order valence-electron chi connectivity index (χ1n) is 5.74. The van der Waals surface area contributed by atoms with E-state index in [0.717, 1.165) is 4.88 Å². The van der Waals surface area contributed by atoms with Crippen LogP contribution < -0.4 is 5.73 Å². The molecule has 1 aromatic heterocycles. The molecule has 0 fully saturated rings. The molecular weight excluding hydrogens is 252 g/mol. The number of thiophene rings is 1. The van der Waals surface area contributed by atoms with Crippen molar-refractivity contribution in [2.75, 3.05) is 0 Å². The summed E-state index contributed by atoms with van der Waals surface area (Å²) in [5.41, 5.74) is 7.25. The number of halogens is 2. The second-order valence-corrected chi connectivity index (χ2v) is 5.69. The van der Waals surface area contributed by atoms with Gasteiger partial charge in [0, 0.05) is 21.4 Å². The summed E-state index contributed by atoms with van der Waals surface area (Å²) in [6.45, 7) is 4.02. The molecule has 0 saturated heterocycles. The Hall–Kier alpha value is -1.26. The highest BCUT2D eigenvalue weighted by molar-refractivity contribution is 7.12. The van der Waals surface area contributed by atoms with Gasteiger partial charge in [-0.2, -0.15) is 0 Å². The molecule has 0 amide bonds. The highest BCUT2D eigenvalue weighted by Crippen LogP contribution is 2.28. The van der Waals surface area contributed by atoms with E-state index < -0.39 is 11.6 Å². The van der Waals surface area contributed by atoms with E-state index in [-0.39, 0.29) is 18.0 Å². The third kappa shape index (κ3) is 2.60. The lowest BCUT2D eigenvalue weighted by atomic mass is 10.0. The highest BCUT2D eigenvalue weighted by atomic mass is 32.1. The normalized spacial score (nSPS) is 12.7. The molecule has 1 aromatic carbocycles. The van der Waals surface area contributed by atoms with Crippen molar-refractivity contribution in [2.45, 2.75) is 26.3 Å². The fourth-order valence-corrected chi connectivity index (χ4v) is 2.88. The van der Waals surface area contributed by atoms with Gasteiger partial charge in [-0.05, 0) is 44.0 Å². The molecule has 1 atom stereocenters. The molecule has 96 valence electrons. The monoisotopic (exact) mass is 267 g/mol. The summed E-state index contributed by atoms with van der Waals surface area (Å²) in [5, 5.41) is 0. The highest BCUT2D eigenvalue weighted by Gasteiger charge is 2.16. The molecule has 1 nitrogen and oxygen atoms in total. The first-order chi connectivity index (χ1) is 8.49. The molecule has 0 radical (unpaired) electrons. The SMILES string of the molecule is Cc1cc(C(N)Cc2c(F)cccc2F)sc1C. The second-order valence-electron chi connectivity index (χ2n) is 4.40. The quantitative estimate of drug-likeness (QED) is 0.897. The van der Waals surface area contributed by atoms with Gasteiger partial charge in [-0.15, -0.1) is 11.3 Å². The van der Waals surface area contributed by atoms with Gasteiger partial charge in [-0.25, -0.2) is 8.78 Å². The van der Waals surface area contributed by atoms with Gasteiger partial charge < -0.3 is 5.73 Å². The van der Waals surface area contributed by atoms with E-state index in [1.165, 1.54) is 28.6 Å². The molecule has 0 spiro atoms. The standard InChI is InChI=1S/C14H15F2NS/c1-8-6-14(18-9(8)2)13(17)7-10-11(15)4-3-5-12(10)16/h3-6,13H,7,17H2,1-2H3. The van der Waals surface area contributed by atoms with Crippen LogP contribution in [-0.2, 0) is 6.42 Å². The maximum atomic E-state index is 13.5. The number of rotatable bonds is 3. The van der Waals surface area contributed by atoms with E-state index in [2.05, 4.69) is 0 Å². The Balaban J connectivity index is 2.23. The van der Waals surface area contributed by atoms with Gasteiger partial charge in [-0.1, -0.05) is 6.07 Å². The van der Waals surface area contributed by atoms with Crippen molar-refractivity contribution < 1.29 is 8.78 Å². The molecule has 0 aliphatic heterocycles. The van der Waals surface area contributed by atoms with Crippen LogP contribution in [0.5, 0.6) is 0 Å². The molecule has 0 aliphatic carbocycles. The molecule has 0 bridgehead atoms. The van der Waals surface area contributed by atoms with Crippen LogP contribution in [0.25, 0.3) is 0 Å². The zero-order valence-corrected chi connectivity index (χ0v) is 11.2. The second kappa shape index (κ2) is 5.16. The van der Waals surface area contributed by atoms with Crippen LogP contribution in [0.4, 0.5) is 8.78 Å². The first-order valence-corrected chi connectivity index (χ1v) is 6.56. The van der Waals surface area contributed by atoms with E-state index in [0.29, 0.717) is 0 Å². The number of hydrogen-bond donors (Lipinski definition) is 1. The van der Waals surface area contributed by atoms with Crippen LogP contribution >= 0.6 is 11.3 Å². The average molecular weight is 267 g/mol. The lowest BCUT2D eigenvalue weighted by molar-refractivity contribution is 0.541. The summed E-state index contributed by atoms with van der Waals surface area (Å²) in [7, 11) is 0. The minimum absolute atomic E-state index is 0.0636. The Kier molecular flexibility index (Phi) is 3.78. The number of benzene rings is 1. The van der Waals surface area contributed by atoms with Crippen molar-refractivity contribution in [2.24, 2.45) is 5.73 Å². The maximum absolute atomic E-state index is 13.5. The number of hydrogen-bond acceptors (Lipinski definition) is 2. The van der Waals surface area contributed by atoms with Gasteiger partial charge >= 0.3 is 0 Å². The predicted octanol–water partition coefficient (Wildman–Crippen LogP) is 3.89. The summed E-state index contributed by atoms with van der Waals surface area (Å²) in [6.07, 6.45) is 0.178. The van der Waals surface area contributed by atoms with Crippen LogP contribution in [-0.4, -0.2) is 0 Å². The minimum Gasteiger partial charge on any atom is -0.323 e. The van der Waals surface area contributed by atoms with Crippen molar-refractivity contribution in [3.05, 3.63) is 56.8 Å². The van der Waals surface area contributed by atoms with Crippen molar-refractivity contribution in [3.8, 4) is 0 Å². The summed E-state index contributed by atoms with van der Waals surface area (Å²) < 4.78 is 27.0. The Morgan fingerprint density at radius 1 is 1.22 bits per heavy atom. The molecule has 2 N–H and O–H groups in total. The third-order valence-electron chi connectivity index (χ3n) is 3.04. The predicted molar refractivity (Wildman–Crippen MR) is 70.8 cm³/mol. The zero-order valence-electron chi connectivity index (χ0n) is 10.3. The molecule has 2 rings (SSSR count). The van der Waals surface area contributed by atoms with Gasteiger partial charge in [0.1, 0.15) is 11.6 Å². The summed E-state index contributed by atoms with van der Waals surface area (Å²) >= 11 is 1.58. The van der Waals surface area contributed by atoms with Crippen molar-refractivity contribution >= 4 is 11.3 Å². The van der Waals surface area contributed by atoms with E-state index in [4.69, 9.17) is 5.73 Å². The molecule has 4 heteroatoms. The molecule has 1 unspecified atom stereocenters. The van der Waals surface area contributed by atoms with Crippen LogP contribution in [0.15, 0.2) is 24.3 Å². The number of nitrogens with two attached hydrogens (primary N) is 1. The van der Waals surface area contributed by atoms with E-state index in [9.17, 15) is 8.78 Å². The Morgan fingerprint density at radius 3 is 2.33 bits per heavy atom. The zero-order chi connectivity index (χ0) is 13.3. The fourth-order valence-electron chi connectivity index (χ4n) is 1.83. The van der Waals surface area contributed by atoms with Crippen LogP contribution in [0, 0.1) is 25.5 Å². The van der Waals surface area contributed by atoms with Crippen LogP contribution in [0.1, 0.15) is 26.9 Å². The molecule has 2 aromatic rings. The summed E-state index contributed by atoms with van der Waals surface area (Å²) in [4.78, 5) is 2.15. The molecule has 0 saturated carbocycles. The maximum Gasteiger partial charge on any atom is 0.129 e. The third-order valence-corrected chi connectivity index (χ3v) is 4.32. The molecular formula is C14H15F2NS. The average Bonchev–Trinajstić information content (AvgIpc) is 2.64. The van der Waals surface area contributed by atoms with E-state index in [1.807, 2.05) is 19.9 Å². The minimum atomic E-state index is -0.532. The van der Waals surface area contributed by atoms with Gasteiger partial charge in [0.2, 0.25) is 0 Å². The van der Waals surface area contributed by atoms with E-state index >= 15 is 0 Å². The van der Waals surface area contributed by atoms with Gasteiger partial charge in [0.15, 0.2) is 0 Å². The van der Waals surface area contributed by atoms with Crippen LogP contribution in [0.2, 0.25) is 0 Å². The Morgan fingerprint density at radius 2 is 1.83 bits per heavy atom. The molecule has 1 heterocycles. The van der Waals surface area contributed by atoms with Crippen molar-refractivity contribution in [3.63, 3.8) is 0 Å². The Labute approximate surface area is 109 Å². The lowest BCUT2D eigenvalue weighted by Gasteiger charge is -2.11. The van der Waals surface area contributed by atoms with Crippen molar-refractivity contribution in [1.29, 1.82) is 0 Å². The number of aryl methyl sites for hydroxylation is 2. The molecule has 18 heavy (non-hydrogen) atoms. The van der Waals surface area contributed by atoms with Crippen molar-refractivity contribution in [1.82, 2.24) is 0 Å². The smallest absolute Gasteiger partial charge is 0.129 e. The van der Waals surface area contributed by atoms with Gasteiger partial charge in [0.05, 0.1) is 0 Å². The largest absolute Gasteiger partial charge is 0.323 e. The lowest BCUT2D eigenvalue weighted by Crippen LogP contribution is -2.13. The van der Waals surface area contributed by atoms with Crippen LogP contribution in [0.3, 0.4) is 0 Å². The first kappa shape index (κ1) is 13.2. The Bertz CT molecular complexity index is 523. The summed E-state index contributed by atoms with van der Waals surface area (Å²) in [5.74, 6) is -1.06. The summed E-state index contributed by atoms with van der Waals surface area (Å²) in [6, 6.07) is 5.50. The van der Waals surface area contributed by atoms with E-state index in [1.54, 1.807) is 11.3 Å². The van der Waals surface area contributed by atoms with Gasteiger partial charge in [-0.3, -0.25) is 0 Å².